The van der Waals surface area contributed by atoms with Crippen molar-refractivity contribution in [1.82, 2.24) is 9.78 Å². The molecule has 0 fully saturated rings. The summed E-state index contributed by atoms with van der Waals surface area (Å²) < 4.78 is 39.9. The SMILES string of the molecule is CC(c1ccc(Cn2[nH]c(C(C)(C)C)c(CCC#N)c2=O)cc1)C(F)(F)F. The molecule has 2 aromatic rings. The minimum absolute atomic E-state index is 0.190. The van der Waals surface area contributed by atoms with E-state index in [1.165, 1.54) is 16.8 Å². The molecule has 0 aliphatic heterocycles. The summed E-state index contributed by atoms with van der Waals surface area (Å²) >= 11 is 0. The summed E-state index contributed by atoms with van der Waals surface area (Å²) in [5, 5.41) is 12.0. The summed E-state index contributed by atoms with van der Waals surface area (Å²) in [6.07, 6.45) is -3.66. The van der Waals surface area contributed by atoms with Crippen LogP contribution in [0.15, 0.2) is 29.1 Å². The average molecular weight is 379 g/mol. The Bertz CT molecular complexity index is 878. The van der Waals surface area contributed by atoms with Crippen LogP contribution in [-0.2, 0) is 18.4 Å². The summed E-state index contributed by atoms with van der Waals surface area (Å²) in [5.41, 5.74) is 1.81. The molecule has 0 amide bonds. The van der Waals surface area contributed by atoms with E-state index in [1.54, 1.807) is 12.1 Å². The van der Waals surface area contributed by atoms with Gasteiger partial charge in [0.2, 0.25) is 0 Å². The van der Waals surface area contributed by atoms with Crippen molar-refractivity contribution in [3.05, 3.63) is 57.0 Å². The lowest BCUT2D eigenvalue weighted by molar-refractivity contribution is -0.146. The number of rotatable bonds is 5. The maximum absolute atomic E-state index is 12.8. The van der Waals surface area contributed by atoms with E-state index in [0.29, 0.717) is 12.0 Å². The first-order chi connectivity index (χ1) is 12.4. The Morgan fingerprint density at radius 2 is 1.78 bits per heavy atom. The van der Waals surface area contributed by atoms with Gasteiger partial charge < -0.3 is 0 Å². The van der Waals surface area contributed by atoms with E-state index >= 15 is 0 Å². The fraction of sp³-hybridized carbons (Fsp3) is 0.500. The standard InChI is InChI=1S/C20H24F3N3O/c1-13(20(21,22)23)15-9-7-14(8-10-15)12-26-18(27)16(6-5-11-24)17(25-26)19(2,3)4/h7-10,13,25H,5-6,12H2,1-4H3. The summed E-state index contributed by atoms with van der Waals surface area (Å²) in [6, 6.07) is 8.17. The number of benzene rings is 1. The summed E-state index contributed by atoms with van der Waals surface area (Å²) in [5.74, 6) is -1.54. The first-order valence-corrected chi connectivity index (χ1v) is 8.79. The van der Waals surface area contributed by atoms with Gasteiger partial charge in [-0.15, -0.1) is 0 Å². The lowest BCUT2D eigenvalue weighted by Gasteiger charge is -2.18. The van der Waals surface area contributed by atoms with E-state index in [-0.39, 0.29) is 29.5 Å². The zero-order valence-corrected chi connectivity index (χ0v) is 15.9. The third-order valence-electron chi connectivity index (χ3n) is 4.60. The minimum Gasteiger partial charge on any atom is -0.299 e. The Morgan fingerprint density at radius 3 is 2.26 bits per heavy atom. The van der Waals surface area contributed by atoms with Gasteiger partial charge in [-0.05, 0) is 24.5 Å². The second-order valence-corrected chi connectivity index (χ2v) is 7.77. The normalized spacial score (nSPS) is 13.4. The van der Waals surface area contributed by atoms with Crippen molar-refractivity contribution in [2.24, 2.45) is 0 Å². The monoisotopic (exact) mass is 379 g/mol. The number of nitrogens with one attached hydrogen (secondary N) is 1. The van der Waals surface area contributed by atoms with Crippen molar-refractivity contribution < 1.29 is 13.2 Å². The number of alkyl halides is 3. The quantitative estimate of drug-likeness (QED) is 0.822. The second kappa shape index (κ2) is 7.63. The lowest BCUT2D eigenvalue weighted by Crippen LogP contribution is -2.20. The highest BCUT2D eigenvalue weighted by Crippen LogP contribution is 2.34. The molecule has 27 heavy (non-hydrogen) atoms. The van der Waals surface area contributed by atoms with Gasteiger partial charge in [-0.3, -0.25) is 9.89 Å². The Morgan fingerprint density at radius 1 is 1.19 bits per heavy atom. The van der Waals surface area contributed by atoms with Crippen molar-refractivity contribution in [3.8, 4) is 6.07 Å². The Kier molecular flexibility index (Phi) is 5.88. The molecule has 1 aromatic carbocycles. The number of hydrogen-bond donors (Lipinski definition) is 1. The summed E-state index contributed by atoms with van der Waals surface area (Å²) in [6.45, 7) is 7.29. The van der Waals surface area contributed by atoms with Crippen LogP contribution >= 0.6 is 0 Å². The molecule has 0 aliphatic rings. The van der Waals surface area contributed by atoms with E-state index in [1.807, 2.05) is 20.8 Å². The van der Waals surface area contributed by atoms with Gasteiger partial charge in [0.1, 0.15) is 0 Å². The number of nitrogens with zero attached hydrogens (tertiary/aromatic N) is 2. The molecule has 0 aliphatic carbocycles. The fourth-order valence-corrected chi connectivity index (χ4v) is 2.95. The molecule has 0 bridgehead atoms. The second-order valence-electron chi connectivity index (χ2n) is 7.77. The van der Waals surface area contributed by atoms with Gasteiger partial charge in [0, 0.05) is 23.1 Å². The van der Waals surface area contributed by atoms with Gasteiger partial charge in [0.15, 0.2) is 0 Å². The predicted molar refractivity (Wildman–Crippen MR) is 97.7 cm³/mol. The molecule has 2 rings (SSSR count). The maximum atomic E-state index is 12.8. The highest BCUT2D eigenvalue weighted by molar-refractivity contribution is 5.28. The maximum Gasteiger partial charge on any atom is 0.395 e. The van der Waals surface area contributed by atoms with Gasteiger partial charge in [-0.25, -0.2) is 4.68 Å². The van der Waals surface area contributed by atoms with Crippen molar-refractivity contribution in [2.75, 3.05) is 0 Å². The molecule has 0 spiro atoms. The molecule has 0 saturated carbocycles. The first-order valence-electron chi connectivity index (χ1n) is 8.79. The van der Waals surface area contributed by atoms with Crippen molar-refractivity contribution in [1.29, 1.82) is 5.26 Å². The molecular formula is C20H24F3N3O. The number of aromatic nitrogens is 2. The van der Waals surface area contributed by atoms with Crippen LogP contribution in [0.3, 0.4) is 0 Å². The van der Waals surface area contributed by atoms with Crippen LogP contribution < -0.4 is 5.56 Å². The van der Waals surface area contributed by atoms with Crippen molar-refractivity contribution >= 4 is 0 Å². The highest BCUT2D eigenvalue weighted by atomic mass is 19.4. The third kappa shape index (κ3) is 4.82. The van der Waals surface area contributed by atoms with Crippen LogP contribution in [0.5, 0.6) is 0 Å². The Balaban J connectivity index is 2.31. The predicted octanol–water partition coefficient (Wildman–Crippen LogP) is 4.64. The number of nitriles is 1. The fourth-order valence-electron chi connectivity index (χ4n) is 2.95. The van der Waals surface area contributed by atoms with E-state index in [2.05, 4.69) is 11.2 Å². The molecular weight excluding hydrogens is 355 g/mol. The van der Waals surface area contributed by atoms with Gasteiger partial charge in [-0.1, -0.05) is 45.0 Å². The van der Waals surface area contributed by atoms with Crippen LogP contribution in [0.1, 0.15) is 62.4 Å². The van der Waals surface area contributed by atoms with Crippen molar-refractivity contribution in [2.45, 2.75) is 64.6 Å². The van der Waals surface area contributed by atoms with Crippen LogP contribution in [-0.4, -0.2) is 16.0 Å². The third-order valence-corrected chi connectivity index (χ3v) is 4.60. The first kappa shape index (κ1) is 20.8. The van der Waals surface area contributed by atoms with Crippen LogP contribution in [0.4, 0.5) is 13.2 Å². The number of aromatic amines is 1. The van der Waals surface area contributed by atoms with Crippen LogP contribution in [0.2, 0.25) is 0 Å². The average Bonchev–Trinajstić information content (AvgIpc) is 2.88. The van der Waals surface area contributed by atoms with Crippen LogP contribution in [0.25, 0.3) is 0 Å². The molecule has 1 N–H and O–H groups in total. The van der Waals surface area contributed by atoms with Crippen LogP contribution in [0, 0.1) is 11.3 Å². The van der Waals surface area contributed by atoms with Gasteiger partial charge in [0.05, 0.1) is 18.5 Å². The lowest BCUT2D eigenvalue weighted by atomic mass is 9.88. The zero-order chi connectivity index (χ0) is 20.4. The van der Waals surface area contributed by atoms with E-state index in [0.717, 1.165) is 18.2 Å². The molecule has 0 radical (unpaired) electrons. The zero-order valence-electron chi connectivity index (χ0n) is 15.9. The smallest absolute Gasteiger partial charge is 0.299 e. The van der Waals surface area contributed by atoms with E-state index < -0.39 is 12.1 Å². The van der Waals surface area contributed by atoms with Gasteiger partial charge in [0.25, 0.3) is 5.56 Å². The largest absolute Gasteiger partial charge is 0.395 e. The van der Waals surface area contributed by atoms with Crippen molar-refractivity contribution in [3.63, 3.8) is 0 Å². The molecule has 7 heteroatoms. The van der Waals surface area contributed by atoms with Gasteiger partial charge >= 0.3 is 6.18 Å². The highest BCUT2D eigenvalue weighted by Gasteiger charge is 2.36. The number of H-pyrrole nitrogens is 1. The number of halogens is 3. The van der Waals surface area contributed by atoms with Gasteiger partial charge in [-0.2, -0.15) is 18.4 Å². The molecule has 1 atom stereocenters. The minimum atomic E-state index is -4.28. The molecule has 1 unspecified atom stereocenters. The molecule has 4 nitrogen and oxygen atoms in total. The molecule has 146 valence electrons. The molecule has 0 saturated heterocycles. The summed E-state index contributed by atoms with van der Waals surface area (Å²) in [4.78, 5) is 12.7. The molecule has 1 heterocycles. The Labute approximate surface area is 156 Å². The molecule has 1 aromatic heterocycles. The number of hydrogen-bond acceptors (Lipinski definition) is 2. The summed E-state index contributed by atoms with van der Waals surface area (Å²) in [7, 11) is 0. The van der Waals surface area contributed by atoms with E-state index in [4.69, 9.17) is 5.26 Å². The Hall–Kier alpha value is -2.49. The van der Waals surface area contributed by atoms with E-state index in [9.17, 15) is 18.0 Å². The topological polar surface area (TPSA) is 61.6 Å².